The quantitative estimate of drug-likeness (QED) is 0.781. The molecule has 158 valence electrons. The Morgan fingerprint density at radius 3 is 2.57 bits per heavy atom. The second-order valence-electron chi connectivity index (χ2n) is 7.65. The van der Waals surface area contributed by atoms with Gasteiger partial charge in [0.1, 0.15) is 11.5 Å². The number of hydrazine groups is 1. The van der Waals surface area contributed by atoms with Gasteiger partial charge in [0.2, 0.25) is 11.8 Å². The number of nitrogens with one attached hydrogen (secondary N) is 2. The largest absolute Gasteiger partial charge is 0.497 e. The van der Waals surface area contributed by atoms with Crippen molar-refractivity contribution in [3.63, 3.8) is 0 Å². The summed E-state index contributed by atoms with van der Waals surface area (Å²) in [6.07, 6.45) is 0. The van der Waals surface area contributed by atoms with Gasteiger partial charge in [0.25, 0.3) is 0 Å². The van der Waals surface area contributed by atoms with Crippen LogP contribution < -0.4 is 25.2 Å². The summed E-state index contributed by atoms with van der Waals surface area (Å²) in [4.78, 5) is 28.3. The minimum atomic E-state index is -0.404. The molecule has 4 rings (SSSR count). The molecule has 0 aromatic heterocycles. The van der Waals surface area contributed by atoms with Crippen molar-refractivity contribution in [2.24, 2.45) is 11.8 Å². The van der Waals surface area contributed by atoms with E-state index in [4.69, 9.17) is 9.47 Å². The van der Waals surface area contributed by atoms with Crippen molar-refractivity contribution in [3.8, 4) is 11.5 Å². The Kier molecular flexibility index (Phi) is 5.61. The van der Waals surface area contributed by atoms with Crippen molar-refractivity contribution in [1.82, 2.24) is 10.3 Å². The number of methoxy groups -OCH3 is 2. The number of fused-ring (bicyclic) bond motifs is 1. The molecule has 2 aliphatic heterocycles. The zero-order chi connectivity index (χ0) is 21.3. The van der Waals surface area contributed by atoms with E-state index in [-0.39, 0.29) is 23.8 Å². The molecule has 0 radical (unpaired) electrons. The number of amides is 2. The first-order valence-corrected chi connectivity index (χ1v) is 9.88. The number of para-hydroxylation sites is 1. The normalized spacial score (nSPS) is 23.8. The van der Waals surface area contributed by atoms with Gasteiger partial charge >= 0.3 is 0 Å². The molecule has 2 aromatic rings. The van der Waals surface area contributed by atoms with E-state index < -0.39 is 5.92 Å². The van der Waals surface area contributed by atoms with E-state index in [0.29, 0.717) is 30.3 Å². The maximum Gasteiger partial charge on any atom is 0.247 e. The third kappa shape index (κ3) is 3.71. The van der Waals surface area contributed by atoms with Crippen LogP contribution >= 0.6 is 0 Å². The van der Waals surface area contributed by atoms with Crippen LogP contribution in [0.25, 0.3) is 0 Å². The Labute approximate surface area is 175 Å². The third-order valence-corrected chi connectivity index (χ3v) is 5.72. The standard InChI is InChI=1S/C22H26N4O4/c1-25-12-16(21(27)23-18-10-9-15(29-2)11-19(18)30-3)20-17(13-25)22(28)26(24-20)14-7-5-4-6-8-14/h4-11,16-17,20,24H,12-13H2,1-3H3,(H,23,27). The van der Waals surface area contributed by atoms with Crippen LogP contribution in [0.4, 0.5) is 11.4 Å². The van der Waals surface area contributed by atoms with Gasteiger partial charge in [-0.05, 0) is 31.3 Å². The first kappa shape index (κ1) is 20.2. The predicted octanol–water partition coefficient (Wildman–Crippen LogP) is 1.74. The van der Waals surface area contributed by atoms with E-state index in [1.807, 2.05) is 42.3 Å². The fourth-order valence-electron chi connectivity index (χ4n) is 4.20. The lowest BCUT2D eigenvalue weighted by molar-refractivity contribution is -0.125. The molecule has 2 N–H and O–H groups in total. The van der Waals surface area contributed by atoms with Gasteiger partial charge in [-0.2, -0.15) is 0 Å². The highest BCUT2D eigenvalue weighted by atomic mass is 16.5. The van der Waals surface area contributed by atoms with E-state index in [1.54, 1.807) is 37.4 Å². The molecular formula is C22H26N4O4. The lowest BCUT2D eigenvalue weighted by atomic mass is 9.84. The number of carbonyl (C=O) groups is 2. The Hall–Kier alpha value is -3.10. The molecule has 8 heteroatoms. The molecule has 2 saturated heterocycles. The smallest absolute Gasteiger partial charge is 0.247 e. The Balaban J connectivity index is 1.56. The van der Waals surface area contributed by atoms with Gasteiger partial charge in [0.15, 0.2) is 0 Å². The highest BCUT2D eigenvalue weighted by Gasteiger charge is 2.50. The lowest BCUT2D eigenvalue weighted by Crippen LogP contribution is -2.55. The van der Waals surface area contributed by atoms with Crippen molar-refractivity contribution >= 4 is 23.2 Å². The molecule has 3 unspecified atom stereocenters. The van der Waals surface area contributed by atoms with Crippen molar-refractivity contribution in [2.75, 3.05) is 44.7 Å². The highest BCUT2D eigenvalue weighted by molar-refractivity contribution is 6.00. The predicted molar refractivity (Wildman–Crippen MR) is 114 cm³/mol. The molecule has 2 fully saturated rings. The van der Waals surface area contributed by atoms with Crippen LogP contribution in [-0.4, -0.2) is 57.1 Å². The number of ether oxygens (including phenoxy) is 2. The van der Waals surface area contributed by atoms with Gasteiger partial charge in [-0.3, -0.25) is 9.59 Å². The van der Waals surface area contributed by atoms with Crippen LogP contribution in [-0.2, 0) is 9.59 Å². The summed E-state index contributed by atoms with van der Waals surface area (Å²) in [5.41, 5.74) is 4.63. The number of hydrogen-bond acceptors (Lipinski definition) is 6. The lowest BCUT2D eigenvalue weighted by Gasteiger charge is -2.36. The van der Waals surface area contributed by atoms with Gasteiger partial charge in [0, 0.05) is 19.2 Å². The molecule has 2 aliphatic rings. The molecule has 2 aromatic carbocycles. The summed E-state index contributed by atoms with van der Waals surface area (Å²) in [6.45, 7) is 1.16. The number of anilines is 2. The Morgan fingerprint density at radius 2 is 1.87 bits per heavy atom. The maximum atomic E-state index is 13.2. The summed E-state index contributed by atoms with van der Waals surface area (Å²) < 4.78 is 10.6. The topological polar surface area (TPSA) is 83.1 Å². The Bertz CT molecular complexity index is 936. The second-order valence-corrected chi connectivity index (χ2v) is 7.65. The fourth-order valence-corrected chi connectivity index (χ4v) is 4.20. The molecule has 8 nitrogen and oxygen atoms in total. The average Bonchev–Trinajstić information content (AvgIpc) is 3.10. The second kappa shape index (κ2) is 8.33. The third-order valence-electron chi connectivity index (χ3n) is 5.72. The minimum Gasteiger partial charge on any atom is -0.497 e. The van der Waals surface area contributed by atoms with Crippen molar-refractivity contribution in [3.05, 3.63) is 48.5 Å². The zero-order valence-corrected chi connectivity index (χ0v) is 17.3. The van der Waals surface area contributed by atoms with Gasteiger partial charge in [-0.25, -0.2) is 10.4 Å². The average molecular weight is 410 g/mol. The van der Waals surface area contributed by atoms with Gasteiger partial charge in [0.05, 0.1) is 43.5 Å². The Morgan fingerprint density at radius 1 is 1.10 bits per heavy atom. The number of rotatable bonds is 5. The highest BCUT2D eigenvalue weighted by Crippen LogP contribution is 2.33. The first-order chi connectivity index (χ1) is 14.5. The van der Waals surface area contributed by atoms with Crippen LogP contribution in [0.1, 0.15) is 0 Å². The van der Waals surface area contributed by atoms with Crippen LogP contribution in [0.2, 0.25) is 0 Å². The van der Waals surface area contributed by atoms with Gasteiger partial charge in [-0.15, -0.1) is 0 Å². The number of likely N-dealkylation sites (tertiary alicyclic amines) is 1. The number of nitrogens with zero attached hydrogens (tertiary/aromatic N) is 2. The van der Waals surface area contributed by atoms with E-state index in [9.17, 15) is 9.59 Å². The summed E-state index contributed by atoms with van der Waals surface area (Å²) in [7, 11) is 5.05. The molecule has 0 bridgehead atoms. The van der Waals surface area contributed by atoms with Crippen molar-refractivity contribution in [1.29, 1.82) is 0 Å². The SMILES string of the molecule is COc1ccc(NC(=O)C2CN(C)CC3C(=O)N(c4ccccc4)NC23)c(OC)c1. The molecule has 30 heavy (non-hydrogen) atoms. The molecule has 0 saturated carbocycles. The van der Waals surface area contributed by atoms with E-state index in [1.165, 1.54) is 0 Å². The molecule has 0 spiro atoms. The summed E-state index contributed by atoms with van der Waals surface area (Å²) in [5, 5.41) is 4.54. The van der Waals surface area contributed by atoms with Crippen LogP contribution in [0.3, 0.4) is 0 Å². The number of piperidine rings is 1. The first-order valence-electron chi connectivity index (χ1n) is 9.88. The van der Waals surface area contributed by atoms with Crippen molar-refractivity contribution < 1.29 is 19.1 Å². The van der Waals surface area contributed by atoms with E-state index >= 15 is 0 Å². The number of benzene rings is 2. The zero-order valence-electron chi connectivity index (χ0n) is 17.3. The molecule has 3 atom stereocenters. The van der Waals surface area contributed by atoms with Gasteiger partial charge < -0.3 is 19.7 Å². The summed E-state index contributed by atoms with van der Waals surface area (Å²) in [6, 6.07) is 14.4. The van der Waals surface area contributed by atoms with Crippen molar-refractivity contribution in [2.45, 2.75) is 6.04 Å². The molecule has 2 heterocycles. The van der Waals surface area contributed by atoms with E-state index in [2.05, 4.69) is 10.7 Å². The van der Waals surface area contributed by atoms with Crippen LogP contribution in [0.5, 0.6) is 11.5 Å². The number of hydrogen-bond donors (Lipinski definition) is 2. The summed E-state index contributed by atoms with van der Waals surface area (Å²) >= 11 is 0. The molecular weight excluding hydrogens is 384 g/mol. The van der Waals surface area contributed by atoms with Crippen LogP contribution in [0.15, 0.2) is 48.5 Å². The fraction of sp³-hybridized carbons (Fsp3) is 0.364. The monoisotopic (exact) mass is 410 g/mol. The molecule has 0 aliphatic carbocycles. The molecule has 2 amide bonds. The summed E-state index contributed by atoms with van der Waals surface area (Å²) in [5.74, 6) is 0.289. The van der Waals surface area contributed by atoms with Gasteiger partial charge in [-0.1, -0.05) is 18.2 Å². The van der Waals surface area contributed by atoms with Crippen LogP contribution in [0, 0.1) is 11.8 Å². The number of carbonyl (C=O) groups excluding carboxylic acids is 2. The maximum absolute atomic E-state index is 13.2. The minimum absolute atomic E-state index is 0.0161. The van der Waals surface area contributed by atoms with E-state index in [0.717, 1.165) is 5.69 Å².